The van der Waals surface area contributed by atoms with E-state index in [1.165, 1.54) is 12.5 Å². The van der Waals surface area contributed by atoms with Crippen molar-refractivity contribution in [2.24, 2.45) is 7.05 Å². The molecule has 24 heavy (non-hydrogen) atoms. The molecular formula is C15H14F3N3O3. The fraction of sp³-hybridized carbons (Fsp3) is 0.267. The molecule has 6 nitrogen and oxygen atoms in total. The van der Waals surface area contributed by atoms with E-state index in [1.807, 2.05) is 0 Å². The summed E-state index contributed by atoms with van der Waals surface area (Å²) < 4.78 is 41.0. The Morgan fingerprint density at radius 1 is 1.33 bits per heavy atom. The Kier molecular flexibility index (Phi) is 4.63. The number of hydrogen-bond acceptors (Lipinski definition) is 3. The van der Waals surface area contributed by atoms with Crippen LogP contribution in [0.3, 0.4) is 0 Å². The summed E-state index contributed by atoms with van der Waals surface area (Å²) in [5, 5.41) is 11.3. The van der Waals surface area contributed by atoms with Crippen molar-refractivity contribution in [2.75, 3.05) is 0 Å². The first-order valence-electron chi connectivity index (χ1n) is 6.83. The highest BCUT2D eigenvalue weighted by Gasteiger charge is 2.36. The van der Waals surface area contributed by atoms with Crippen molar-refractivity contribution in [2.45, 2.75) is 19.1 Å². The lowest BCUT2D eigenvalue weighted by Crippen LogP contribution is -2.30. The van der Waals surface area contributed by atoms with Gasteiger partial charge in [0.15, 0.2) is 0 Å². The van der Waals surface area contributed by atoms with Gasteiger partial charge in [0.1, 0.15) is 0 Å². The molecule has 0 aliphatic rings. The van der Waals surface area contributed by atoms with Crippen LogP contribution in [0.5, 0.6) is 0 Å². The third-order valence-electron chi connectivity index (χ3n) is 3.46. The number of halogens is 3. The van der Waals surface area contributed by atoms with E-state index in [4.69, 9.17) is 5.11 Å². The summed E-state index contributed by atoms with van der Waals surface area (Å²) in [6.07, 6.45) is -1.86. The molecule has 0 aliphatic carbocycles. The lowest BCUT2D eigenvalue weighted by atomic mass is 10.0. The summed E-state index contributed by atoms with van der Waals surface area (Å²) in [4.78, 5) is 27.0. The minimum absolute atomic E-state index is 0.450. The van der Waals surface area contributed by atoms with Gasteiger partial charge in [0.25, 0.3) is 5.91 Å². The molecule has 2 aromatic rings. The van der Waals surface area contributed by atoms with Gasteiger partial charge in [0, 0.05) is 7.05 Å². The highest BCUT2D eigenvalue weighted by Crippen LogP contribution is 2.33. The minimum atomic E-state index is -4.85. The van der Waals surface area contributed by atoms with Gasteiger partial charge < -0.3 is 15.0 Å². The molecule has 1 aromatic heterocycles. The summed E-state index contributed by atoms with van der Waals surface area (Å²) in [5.41, 5.74) is -1.86. The van der Waals surface area contributed by atoms with Gasteiger partial charge in [-0.3, -0.25) is 4.79 Å². The quantitative estimate of drug-likeness (QED) is 0.895. The van der Waals surface area contributed by atoms with E-state index in [2.05, 4.69) is 10.3 Å². The first-order valence-corrected chi connectivity index (χ1v) is 6.83. The van der Waals surface area contributed by atoms with E-state index < -0.39 is 40.8 Å². The average Bonchev–Trinajstić information content (AvgIpc) is 2.91. The molecule has 0 fully saturated rings. The van der Waals surface area contributed by atoms with E-state index >= 15 is 0 Å². The number of aryl methyl sites for hydroxylation is 1. The van der Waals surface area contributed by atoms with Gasteiger partial charge in [-0.25, -0.2) is 9.78 Å². The SMILES string of the molecule is CC(NC(=O)c1ccc(C(=O)O)cc1C(F)(F)F)c1cncn1C. The lowest BCUT2D eigenvalue weighted by molar-refractivity contribution is -0.138. The van der Waals surface area contributed by atoms with Crippen LogP contribution in [0.4, 0.5) is 13.2 Å². The van der Waals surface area contributed by atoms with Crippen LogP contribution in [0.15, 0.2) is 30.7 Å². The second-order valence-electron chi connectivity index (χ2n) is 5.19. The summed E-state index contributed by atoms with van der Waals surface area (Å²) in [6, 6.07) is 1.69. The average molecular weight is 341 g/mol. The highest BCUT2D eigenvalue weighted by atomic mass is 19.4. The van der Waals surface area contributed by atoms with Crippen LogP contribution in [0.1, 0.15) is 44.9 Å². The molecule has 0 bridgehead atoms. The zero-order valence-corrected chi connectivity index (χ0v) is 12.8. The fourth-order valence-corrected chi connectivity index (χ4v) is 2.24. The summed E-state index contributed by atoms with van der Waals surface area (Å²) >= 11 is 0. The highest BCUT2D eigenvalue weighted by molar-refractivity contribution is 5.97. The number of carboxylic acid groups (broad SMARTS) is 1. The van der Waals surface area contributed by atoms with Gasteiger partial charge in [-0.2, -0.15) is 13.2 Å². The van der Waals surface area contributed by atoms with Gasteiger partial charge >= 0.3 is 12.1 Å². The number of hydrogen-bond donors (Lipinski definition) is 2. The maximum absolute atomic E-state index is 13.1. The number of imidazole rings is 1. The molecule has 2 rings (SSSR count). The smallest absolute Gasteiger partial charge is 0.417 e. The monoisotopic (exact) mass is 341 g/mol. The zero-order valence-electron chi connectivity index (χ0n) is 12.8. The number of alkyl halides is 3. The van der Waals surface area contributed by atoms with Crippen molar-refractivity contribution < 1.29 is 27.9 Å². The summed E-state index contributed by atoms with van der Waals surface area (Å²) in [6.45, 7) is 1.60. The van der Waals surface area contributed by atoms with E-state index in [9.17, 15) is 22.8 Å². The van der Waals surface area contributed by atoms with Gasteiger partial charge in [-0.15, -0.1) is 0 Å². The third kappa shape index (κ3) is 3.55. The van der Waals surface area contributed by atoms with E-state index in [-0.39, 0.29) is 0 Å². The predicted octanol–water partition coefficient (Wildman–Crippen LogP) is 2.63. The number of benzene rings is 1. The van der Waals surface area contributed by atoms with Crippen LogP contribution < -0.4 is 5.32 Å². The number of nitrogens with zero attached hydrogens (tertiary/aromatic N) is 2. The van der Waals surface area contributed by atoms with Crippen LogP contribution in [0.25, 0.3) is 0 Å². The molecular weight excluding hydrogens is 327 g/mol. The number of rotatable bonds is 4. The summed E-state index contributed by atoms with van der Waals surface area (Å²) in [7, 11) is 1.69. The topological polar surface area (TPSA) is 84.2 Å². The molecule has 0 spiro atoms. The van der Waals surface area contributed by atoms with Crippen molar-refractivity contribution in [1.82, 2.24) is 14.9 Å². The number of carboxylic acids is 1. The number of aromatic nitrogens is 2. The minimum Gasteiger partial charge on any atom is -0.478 e. The van der Waals surface area contributed by atoms with Crippen LogP contribution in [0.2, 0.25) is 0 Å². The maximum atomic E-state index is 13.1. The first kappa shape index (κ1) is 17.5. The standard InChI is InChI=1S/C15H14F3N3O3/c1-8(12-6-19-7-21(12)2)20-13(22)10-4-3-9(14(23)24)5-11(10)15(16,17)18/h3-8H,1-2H3,(H,20,22)(H,23,24). The second-order valence-corrected chi connectivity index (χ2v) is 5.19. The Bertz CT molecular complexity index is 784. The lowest BCUT2D eigenvalue weighted by Gasteiger charge is -2.17. The van der Waals surface area contributed by atoms with Gasteiger partial charge in [0.2, 0.25) is 0 Å². The number of carbonyl (C=O) groups is 2. The van der Waals surface area contributed by atoms with Crippen molar-refractivity contribution in [1.29, 1.82) is 0 Å². The van der Waals surface area contributed by atoms with Crippen LogP contribution in [-0.4, -0.2) is 26.5 Å². The Hall–Kier alpha value is -2.84. The first-order chi connectivity index (χ1) is 11.1. The fourth-order valence-electron chi connectivity index (χ4n) is 2.24. The molecule has 9 heteroatoms. The van der Waals surface area contributed by atoms with Crippen molar-refractivity contribution >= 4 is 11.9 Å². The maximum Gasteiger partial charge on any atom is 0.417 e. The molecule has 128 valence electrons. The number of amides is 1. The van der Waals surface area contributed by atoms with Crippen molar-refractivity contribution in [3.63, 3.8) is 0 Å². The Balaban J connectivity index is 2.35. The molecule has 0 radical (unpaired) electrons. The van der Waals surface area contributed by atoms with Gasteiger partial charge in [-0.1, -0.05) is 0 Å². The molecule has 1 heterocycles. The normalized spacial score (nSPS) is 12.7. The number of carbonyl (C=O) groups excluding carboxylic acids is 1. The molecule has 1 atom stereocenters. The van der Waals surface area contributed by atoms with Gasteiger partial charge in [-0.05, 0) is 25.1 Å². The second kappa shape index (κ2) is 6.34. The molecule has 1 unspecified atom stereocenters. The Morgan fingerprint density at radius 2 is 2.00 bits per heavy atom. The predicted molar refractivity (Wildman–Crippen MR) is 77.5 cm³/mol. The molecule has 0 saturated carbocycles. The van der Waals surface area contributed by atoms with Crippen molar-refractivity contribution in [3.05, 3.63) is 53.1 Å². The zero-order chi connectivity index (χ0) is 18.1. The molecule has 1 aromatic carbocycles. The Morgan fingerprint density at radius 3 is 2.50 bits per heavy atom. The third-order valence-corrected chi connectivity index (χ3v) is 3.46. The molecule has 2 N–H and O–H groups in total. The van der Waals surface area contributed by atoms with E-state index in [1.54, 1.807) is 18.5 Å². The number of nitrogens with one attached hydrogen (secondary N) is 1. The van der Waals surface area contributed by atoms with E-state index in [0.29, 0.717) is 11.8 Å². The van der Waals surface area contributed by atoms with Crippen LogP contribution in [0, 0.1) is 0 Å². The molecule has 1 amide bonds. The molecule has 0 aliphatic heterocycles. The largest absolute Gasteiger partial charge is 0.478 e. The Labute approximate surface area is 134 Å². The number of aromatic carboxylic acids is 1. The van der Waals surface area contributed by atoms with Gasteiger partial charge in [0.05, 0.1) is 41.0 Å². The van der Waals surface area contributed by atoms with Crippen LogP contribution in [-0.2, 0) is 13.2 Å². The molecule has 0 saturated heterocycles. The van der Waals surface area contributed by atoms with Crippen molar-refractivity contribution in [3.8, 4) is 0 Å². The van der Waals surface area contributed by atoms with E-state index in [0.717, 1.165) is 12.1 Å². The summed E-state index contributed by atoms with van der Waals surface area (Å²) in [5.74, 6) is -2.45. The van der Waals surface area contributed by atoms with Crippen LogP contribution >= 0.6 is 0 Å².